The van der Waals surface area contributed by atoms with Crippen molar-refractivity contribution in [2.75, 3.05) is 0 Å². The minimum atomic E-state index is 0.439. The number of hydrogen-bond donors (Lipinski definition) is 1. The average molecular weight is 233 g/mol. The molecule has 0 bridgehead atoms. The number of phenolic OH excluding ortho intramolecular Hbond substituents is 1. The van der Waals surface area contributed by atoms with Crippen LogP contribution in [0.2, 0.25) is 12.6 Å². The highest BCUT2D eigenvalue weighted by atomic mass is 16.3. The molecule has 0 saturated heterocycles. The number of hydrogen-bond acceptors (Lipinski definition) is 1. The molecule has 0 aromatic heterocycles. The summed E-state index contributed by atoms with van der Waals surface area (Å²) in [6.45, 7) is 8.52. The van der Waals surface area contributed by atoms with Gasteiger partial charge in [-0.2, -0.15) is 0 Å². The van der Waals surface area contributed by atoms with Crippen LogP contribution in [0.15, 0.2) is 18.2 Å². The molecule has 95 valence electrons. The summed E-state index contributed by atoms with van der Waals surface area (Å²) in [6, 6.07) is 5.77. The molecule has 1 N–H and O–H groups in total. The van der Waals surface area contributed by atoms with E-state index in [2.05, 4.69) is 41.0 Å². The van der Waals surface area contributed by atoms with Gasteiger partial charge in [0.05, 0.1) is 0 Å². The van der Waals surface area contributed by atoms with Gasteiger partial charge >= 0.3 is 0 Å². The Kier molecular flexibility index (Phi) is 9.70. The van der Waals surface area contributed by atoms with Crippen molar-refractivity contribution in [1.82, 2.24) is 0 Å². The lowest BCUT2D eigenvalue weighted by Gasteiger charge is -2.04. The Hall–Kier alpha value is -0.915. The van der Waals surface area contributed by atoms with Gasteiger partial charge in [0.15, 0.2) is 0 Å². The second-order valence-corrected chi connectivity index (χ2v) is 4.34. The Morgan fingerprint density at radius 2 is 1.76 bits per heavy atom. The van der Waals surface area contributed by atoms with E-state index in [0.717, 1.165) is 18.4 Å². The molecule has 1 aromatic rings. The lowest BCUT2D eigenvalue weighted by Crippen LogP contribution is -1.86. The van der Waals surface area contributed by atoms with Gasteiger partial charge in [-0.05, 0) is 31.4 Å². The summed E-state index contributed by atoms with van der Waals surface area (Å²) in [5.74, 6) is 0.439. The van der Waals surface area contributed by atoms with Gasteiger partial charge in [-0.3, -0.25) is 0 Å². The minimum absolute atomic E-state index is 0.439. The van der Waals surface area contributed by atoms with Crippen LogP contribution in [0.1, 0.15) is 44.7 Å². The van der Waals surface area contributed by atoms with Gasteiger partial charge in [-0.25, -0.2) is 0 Å². The minimum Gasteiger partial charge on any atom is -0.508 e. The van der Waals surface area contributed by atoms with Crippen molar-refractivity contribution in [3.8, 4) is 5.75 Å². The zero-order valence-corrected chi connectivity index (χ0v) is 11.8. The lowest BCUT2D eigenvalue weighted by atomic mass is 9.73. The summed E-state index contributed by atoms with van der Waals surface area (Å²) in [5.41, 5.74) is 2.30. The van der Waals surface area contributed by atoms with Gasteiger partial charge < -0.3 is 5.11 Å². The van der Waals surface area contributed by atoms with E-state index >= 15 is 0 Å². The number of aryl methyl sites for hydroxylation is 2. The number of phenols is 1. The fraction of sp³-hybridized carbons (Fsp3) is 0.600. The van der Waals surface area contributed by atoms with Crippen molar-refractivity contribution in [2.45, 2.75) is 59.6 Å². The first kappa shape index (κ1) is 16.1. The van der Waals surface area contributed by atoms with E-state index in [4.69, 9.17) is 0 Å². The smallest absolute Gasteiger partial charge is 0.118 e. The Morgan fingerprint density at radius 1 is 1.12 bits per heavy atom. The van der Waals surface area contributed by atoms with Crippen LogP contribution >= 0.6 is 0 Å². The molecule has 0 heterocycles. The van der Waals surface area contributed by atoms with E-state index < -0.39 is 0 Å². The molecule has 2 heteroatoms. The SMILES string of the molecule is CCCCc1cc(C)ccc1O.CC[B]CC. The predicted molar refractivity (Wildman–Crippen MR) is 78.2 cm³/mol. The van der Waals surface area contributed by atoms with E-state index in [9.17, 15) is 5.11 Å². The summed E-state index contributed by atoms with van der Waals surface area (Å²) in [4.78, 5) is 0. The summed E-state index contributed by atoms with van der Waals surface area (Å²) >= 11 is 0. The van der Waals surface area contributed by atoms with Crippen LogP contribution in [0.3, 0.4) is 0 Å². The molecule has 0 saturated carbocycles. The van der Waals surface area contributed by atoms with Crippen LogP contribution in [0.5, 0.6) is 5.75 Å². The van der Waals surface area contributed by atoms with E-state index in [-0.39, 0.29) is 0 Å². The normalized spacial score (nSPS) is 9.41. The second-order valence-electron chi connectivity index (χ2n) is 4.34. The first-order valence-electron chi connectivity index (χ1n) is 6.75. The molecule has 0 atom stereocenters. The van der Waals surface area contributed by atoms with Crippen LogP contribution < -0.4 is 0 Å². The first-order valence-corrected chi connectivity index (χ1v) is 6.75. The highest BCUT2D eigenvalue weighted by molar-refractivity contribution is 6.34. The first-order chi connectivity index (χ1) is 8.15. The summed E-state index contributed by atoms with van der Waals surface area (Å²) in [5, 5.41) is 9.46. The highest BCUT2D eigenvalue weighted by Gasteiger charge is 1.99. The van der Waals surface area contributed by atoms with Crippen LogP contribution in [-0.2, 0) is 6.42 Å². The van der Waals surface area contributed by atoms with Crippen molar-refractivity contribution in [2.24, 2.45) is 0 Å². The maximum Gasteiger partial charge on any atom is 0.118 e. The van der Waals surface area contributed by atoms with Gasteiger partial charge in [-0.15, -0.1) is 0 Å². The van der Waals surface area contributed by atoms with Gasteiger partial charge in [-0.1, -0.05) is 57.5 Å². The number of aromatic hydroxyl groups is 1. The van der Waals surface area contributed by atoms with Crippen molar-refractivity contribution in [3.05, 3.63) is 29.3 Å². The summed E-state index contributed by atoms with van der Waals surface area (Å²) in [7, 11) is 2.25. The van der Waals surface area contributed by atoms with Crippen molar-refractivity contribution in [3.63, 3.8) is 0 Å². The number of unbranched alkanes of at least 4 members (excludes halogenated alkanes) is 1. The van der Waals surface area contributed by atoms with Crippen LogP contribution in [0, 0.1) is 6.92 Å². The molecule has 0 aliphatic heterocycles. The monoisotopic (exact) mass is 233 g/mol. The molecule has 0 aliphatic rings. The van der Waals surface area contributed by atoms with Gasteiger partial charge in [0.2, 0.25) is 0 Å². The summed E-state index contributed by atoms with van der Waals surface area (Å²) < 4.78 is 0. The molecule has 0 aliphatic carbocycles. The standard InChI is InChI=1S/C11H16O.C4H10B/c1-3-4-5-10-8-9(2)6-7-11(10)12;1-3-5-4-2/h6-8,12H,3-5H2,1-2H3;3-4H2,1-2H3. The maximum absolute atomic E-state index is 9.46. The van der Waals surface area contributed by atoms with Crippen LogP contribution in [0.25, 0.3) is 0 Å². The topological polar surface area (TPSA) is 20.2 Å². The van der Waals surface area contributed by atoms with Crippen LogP contribution in [-0.4, -0.2) is 12.4 Å². The zero-order chi connectivity index (χ0) is 13.1. The molecule has 1 aromatic carbocycles. The molecular formula is C15H26BO. The number of benzene rings is 1. The van der Waals surface area contributed by atoms with Gasteiger partial charge in [0.1, 0.15) is 13.0 Å². The van der Waals surface area contributed by atoms with Crippen molar-refractivity contribution < 1.29 is 5.11 Å². The van der Waals surface area contributed by atoms with Crippen LogP contribution in [0.4, 0.5) is 0 Å². The Morgan fingerprint density at radius 3 is 2.24 bits per heavy atom. The quantitative estimate of drug-likeness (QED) is 0.736. The molecule has 1 radical (unpaired) electrons. The molecular weight excluding hydrogens is 207 g/mol. The molecule has 0 spiro atoms. The average Bonchev–Trinajstić information content (AvgIpc) is 2.32. The predicted octanol–water partition coefficient (Wildman–Crippen LogP) is 4.61. The third-order valence-corrected chi connectivity index (χ3v) is 2.61. The van der Waals surface area contributed by atoms with E-state index in [1.165, 1.54) is 24.6 Å². The molecule has 1 nitrogen and oxygen atoms in total. The van der Waals surface area contributed by atoms with Crippen molar-refractivity contribution in [1.29, 1.82) is 0 Å². The third kappa shape index (κ3) is 7.90. The van der Waals surface area contributed by atoms with E-state index in [1.807, 2.05) is 6.07 Å². The molecule has 17 heavy (non-hydrogen) atoms. The van der Waals surface area contributed by atoms with E-state index in [0.29, 0.717) is 5.75 Å². The molecule has 1 rings (SSSR count). The molecule has 0 amide bonds. The highest BCUT2D eigenvalue weighted by Crippen LogP contribution is 2.19. The molecule has 0 unspecified atom stereocenters. The fourth-order valence-electron chi connectivity index (χ4n) is 1.57. The largest absolute Gasteiger partial charge is 0.508 e. The Labute approximate surface area is 108 Å². The lowest BCUT2D eigenvalue weighted by molar-refractivity contribution is 0.466. The van der Waals surface area contributed by atoms with Gasteiger partial charge in [0, 0.05) is 0 Å². The second kappa shape index (κ2) is 10.3. The zero-order valence-electron chi connectivity index (χ0n) is 11.8. The Balaban J connectivity index is 0.000000437. The fourth-order valence-corrected chi connectivity index (χ4v) is 1.57. The molecule has 0 fully saturated rings. The van der Waals surface area contributed by atoms with Crippen molar-refractivity contribution >= 4 is 7.28 Å². The number of rotatable bonds is 5. The third-order valence-electron chi connectivity index (χ3n) is 2.61. The van der Waals surface area contributed by atoms with Gasteiger partial charge in [0.25, 0.3) is 0 Å². The summed E-state index contributed by atoms with van der Waals surface area (Å²) in [6.07, 6.45) is 5.75. The Bertz CT molecular complexity index is 295. The van der Waals surface area contributed by atoms with E-state index in [1.54, 1.807) is 6.07 Å². The maximum atomic E-state index is 9.46.